The molecule has 5 nitrogen and oxygen atoms in total. The predicted molar refractivity (Wildman–Crippen MR) is 112 cm³/mol. The SMILES string of the molecule is Cc1nc2c(COc3cccc(Cl)c3)c(-c3cc(C)c(=O)n(C)c3)ccc2[nH]1. The van der Waals surface area contributed by atoms with Crippen molar-refractivity contribution in [3.8, 4) is 16.9 Å². The molecule has 2 aromatic carbocycles. The first kappa shape index (κ1) is 18.3. The monoisotopic (exact) mass is 393 g/mol. The molecular weight excluding hydrogens is 374 g/mol. The van der Waals surface area contributed by atoms with Crippen LogP contribution in [-0.2, 0) is 13.7 Å². The second kappa shape index (κ2) is 7.17. The van der Waals surface area contributed by atoms with Crippen LogP contribution in [0.4, 0.5) is 0 Å². The Morgan fingerprint density at radius 3 is 2.75 bits per heavy atom. The summed E-state index contributed by atoms with van der Waals surface area (Å²) in [4.78, 5) is 20.0. The van der Waals surface area contributed by atoms with E-state index in [1.165, 1.54) is 0 Å². The van der Waals surface area contributed by atoms with Gasteiger partial charge in [-0.05, 0) is 55.3 Å². The number of nitrogens with one attached hydrogen (secondary N) is 1. The van der Waals surface area contributed by atoms with E-state index in [0.29, 0.717) is 22.9 Å². The van der Waals surface area contributed by atoms with E-state index < -0.39 is 0 Å². The summed E-state index contributed by atoms with van der Waals surface area (Å²) in [5.41, 5.74) is 5.40. The van der Waals surface area contributed by atoms with E-state index in [4.69, 9.17) is 16.3 Å². The Morgan fingerprint density at radius 2 is 2.00 bits per heavy atom. The summed E-state index contributed by atoms with van der Waals surface area (Å²) in [5.74, 6) is 1.53. The molecule has 2 heterocycles. The summed E-state index contributed by atoms with van der Waals surface area (Å²) in [5, 5.41) is 0.625. The second-order valence-corrected chi connectivity index (χ2v) is 7.32. The maximum atomic E-state index is 12.1. The van der Waals surface area contributed by atoms with Crippen molar-refractivity contribution in [2.75, 3.05) is 0 Å². The minimum atomic E-state index is -0.00262. The molecule has 0 amide bonds. The van der Waals surface area contributed by atoms with Crippen LogP contribution in [0.5, 0.6) is 5.75 Å². The van der Waals surface area contributed by atoms with Crippen LogP contribution in [0.1, 0.15) is 17.0 Å². The van der Waals surface area contributed by atoms with Crippen LogP contribution in [0.25, 0.3) is 22.2 Å². The third-order valence-corrected chi connectivity index (χ3v) is 4.97. The number of hydrogen-bond acceptors (Lipinski definition) is 3. The number of halogens is 1. The Kier molecular flexibility index (Phi) is 4.69. The molecule has 2 aromatic heterocycles. The summed E-state index contributed by atoms with van der Waals surface area (Å²) < 4.78 is 7.63. The lowest BCUT2D eigenvalue weighted by Crippen LogP contribution is -2.18. The number of aromatic nitrogens is 3. The molecule has 142 valence electrons. The van der Waals surface area contributed by atoms with E-state index in [0.717, 1.165) is 33.5 Å². The summed E-state index contributed by atoms with van der Waals surface area (Å²) >= 11 is 6.07. The van der Waals surface area contributed by atoms with Crippen molar-refractivity contribution in [2.24, 2.45) is 7.05 Å². The lowest BCUT2D eigenvalue weighted by Gasteiger charge is -2.14. The zero-order chi connectivity index (χ0) is 19.8. The molecule has 0 spiro atoms. The van der Waals surface area contributed by atoms with Crippen molar-refractivity contribution in [2.45, 2.75) is 20.5 Å². The van der Waals surface area contributed by atoms with Gasteiger partial charge in [0, 0.05) is 29.4 Å². The van der Waals surface area contributed by atoms with Crippen LogP contribution in [0.2, 0.25) is 5.02 Å². The maximum Gasteiger partial charge on any atom is 0.253 e. The van der Waals surface area contributed by atoms with Gasteiger partial charge in [0.15, 0.2) is 0 Å². The molecule has 0 fully saturated rings. The number of aryl methyl sites for hydroxylation is 3. The number of fused-ring (bicyclic) bond motifs is 1. The summed E-state index contributed by atoms with van der Waals surface area (Å²) in [6, 6.07) is 13.3. The summed E-state index contributed by atoms with van der Waals surface area (Å²) in [6.07, 6.45) is 1.85. The molecule has 0 atom stereocenters. The average molecular weight is 394 g/mol. The van der Waals surface area contributed by atoms with Gasteiger partial charge in [0.05, 0.1) is 11.0 Å². The smallest absolute Gasteiger partial charge is 0.253 e. The van der Waals surface area contributed by atoms with Gasteiger partial charge in [0.2, 0.25) is 0 Å². The number of H-pyrrole nitrogens is 1. The number of rotatable bonds is 4. The standard InChI is InChI=1S/C22H20ClN3O2/c1-13-9-15(11-26(3)22(13)27)18-7-8-20-21(25-14(2)24-20)19(18)12-28-17-6-4-5-16(23)10-17/h4-11H,12H2,1-3H3,(H,24,25). The van der Waals surface area contributed by atoms with E-state index in [-0.39, 0.29) is 5.56 Å². The average Bonchev–Trinajstić information content (AvgIpc) is 3.04. The van der Waals surface area contributed by atoms with Crippen LogP contribution in [0.3, 0.4) is 0 Å². The van der Waals surface area contributed by atoms with Gasteiger partial charge < -0.3 is 14.3 Å². The molecule has 6 heteroatoms. The lowest BCUT2D eigenvalue weighted by atomic mass is 9.99. The molecule has 0 unspecified atom stereocenters. The molecular formula is C22H20ClN3O2. The van der Waals surface area contributed by atoms with Gasteiger partial charge in [-0.1, -0.05) is 23.7 Å². The Morgan fingerprint density at radius 1 is 1.18 bits per heavy atom. The van der Waals surface area contributed by atoms with Crippen LogP contribution < -0.4 is 10.3 Å². The fourth-order valence-electron chi connectivity index (χ4n) is 3.41. The van der Waals surface area contributed by atoms with Gasteiger partial charge >= 0.3 is 0 Å². The fraction of sp³-hybridized carbons (Fsp3) is 0.182. The molecule has 4 rings (SSSR count). The van der Waals surface area contributed by atoms with Gasteiger partial charge in [0.25, 0.3) is 5.56 Å². The van der Waals surface area contributed by atoms with Gasteiger partial charge in [-0.15, -0.1) is 0 Å². The molecule has 0 aliphatic rings. The van der Waals surface area contributed by atoms with Gasteiger partial charge in [-0.25, -0.2) is 4.98 Å². The van der Waals surface area contributed by atoms with Crippen LogP contribution >= 0.6 is 11.6 Å². The molecule has 0 aliphatic heterocycles. The Balaban J connectivity index is 1.84. The van der Waals surface area contributed by atoms with Crippen molar-refractivity contribution in [3.63, 3.8) is 0 Å². The van der Waals surface area contributed by atoms with Gasteiger partial charge in [-0.2, -0.15) is 0 Å². The minimum Gasteiger partial charge on any atom is -0.489 e. The molecule has 1 N–H and O–H groups in total. The zero-order valence-corrected chi connectivity index (χ0v) is 16.7. The fourth-order valence-corrected chi connectivity index (χ4v) is 3.59. The van der Waals surface area contributed by atoms with E-state index in [2.05, 4.69) is 9.97 Å². The molecule has 0 saturated heterocycles. The third kappa shape index (κ3) is 3.41. The topological polar surface area (TPSA) is 59.9 Å². The highest BCUT2D eigenvalue weighted by Crippen LogP contribution is 2.31. The highest BCUT2D eigenvalue weighted by atomic mass is 35.5. The van der Waals surface area contributed by atoms with Crippen molar-refractivity contribution < 1.29 is 4.74 Å². The lowest BCUT2D eigenvalue weighted by molar-refractivity contribution is 0.308. The Bertz CT molecular complexity index is 1210. The van der Waals surface area contributed by atoms with E-state index in [1.807, 2.05) is 56.4 Å². The Hall–Kier alpha value is -3.05. The van der Waals surface area contributed by atoms with Crippen LogP contribution in [0.15, 0.2) is 53.5 Å². The van der Waals surface area contributed by atoms with Crippen molar-refractivity contribution in [3.05, 3.63) is 81.0 Å². The third-order valence-electron chi connectivity index (χ3n) is 4.73. The van der Waals surface area contributed by atoms with Crippen molar-refractivity contribution in [1.82, 2.24) is 14.5 Å². The van der Waals surface area contributed by atoms with E-state index in [1.54, 1.807) is 17.7 Å². The van der Waals surface area contributed by atoms with E-state index >= 15 is 0 Å². The molecule has 0 aliphatic carbocycles. The Labute approximate surface area is 167 Å². The molecule has 0 radical (unpaired) electrons. The zero-order valence-electron chi connectivity index (χ0n) is 15.9. The van der Waals surface area contributed by atoms with Crippen molar-refractivity contribution >= 4 is 22.6 Å². The highest BCUT2D eigenvalue weighted by molar-refractivity contribution is 6.30. The van der Waals surface area contributed by atoms with Gasteiger partial charge in [-0.3, -0.25) is 4.79 Å². The quantitative estimate of drug-likeness (QED) is 0.543. The van der Waals surface area contributed by atoms with Crippen molar-refractivity contribution in [1.29, 1.82) is 0 Å². The molecule has 28 heavy (non-hydrogen) atoms. The van der Waals surface area contributed by atoms with Crippen LogP contribution in [-0.4, -0.2) is 14.5 Å². The first-order valence-electron chi connectivity index (χ1n) is 8.96. The molecule has 0 bridgehead atoms. The first-order chi connectivity index (χ1) is 13.4. The largest absolute Gasteiger partial charge is 0.489 e. The number of benzene rings is 2. The minimum absolute atomic E-state index is 0.00262. The molecule has 4 aromatic rings. The number of aromatic amines is 1. The second-order valence-electron chi connectivity index (χ2n) is 6.88. The highest BCUT2D eigenvalue weighted by Gasteiger charge is 2.15. The molecule has 0 saturated carbocycles. The number of ether oxygens (including phenoxy) is 1. The van der Waals surface area contributed by atoms with E-state index in [9.17, 15) is 4.79 Å². The van der Waals surface area contributed by atoms with Gasteiger partial charge in [0.1, 0.15) is 18.2 Å². The number of hydrogen-bond donors (Lipinski definition) is 1. The summed E-state index contributed by atoms with van der Waals surface area (Å²) in [6.45, 7) is 4.09. The predicted octanol–water partition coefficient (Wildman–Crippen LogP) is 4.78. The first-order valence-corrected chi connectivity index (χ1v) is 9.34. The number of imidazole rings is 1. The summed E-state index contributed by atoms with van der Waals surface area (Å²) in [7, 11) is 1.76. The maximum absolute atomic E-state index is 12.1. The number of pyridine rings is 1. The number of nitrogens with zero attached hydrogens (tertiary/aromatic N) is 2. The normalized spacial score (nSPS) is 11.1. The van der Waals surface area contributed by atoms with Crippen LogP contribution in [0, 0.1) is 13.8 Å².